The van der Waals surface area contributed by atoms with Crippen molar-refractivity contribution in [3.63, 3.8) is 0 Å². The molecule has 26 heavy (non-hydrogen) atoms. The lowest BCUT2D eigenvalue weighted by Crippen LogP contribution is -2.29. The number of nitrogens with two attached hydrogens (primary N) is 2. The molecule has 0 aliphatic carbocycles. The van der Waals surface area contributed by atoms with Crippen LogP contribution in [0.25, 0.3) is 0 Å². The van der Waals surface area contributed by atoms with Gasteiger partial charge in [-0.25, -0.2) is 0 Å². The van der Waals surface area contributed by atoms with Gasteiger partial charge in [-0.1, -0.05) is 43.7 Å². The molecular formula is C19H26N4O3. The second-order valence-corrected chi connectivity index (χ2v) is 5.49. The third-order valence-electron chi connectivity index (χ3n) is 3.49. The van der Waals surface area contributed by atoms with Crippen molar-refractivity contribution in [1.29, 1.82) is 0 Å². The van der Waals surface area contributed by atoms with Crippen LogP contribution in [0.5, 0.6) is 0 Å². The Morgan fingerprint density at radius 1 is 1.23 bits per heavy atom. The second-order valence-electron chi connectivity index (χ2n) is 5.49. The molecule has 7 nitrogen and oxygen atoms in total. The fourth-order valence-corrected chi connectivity index (χ4v) is 2.10. The van der Waals surface area contributed by atoms with Crippen LogP contribution in [0.4, 0.5) is 5.69 Å². The fourth-order valence-electron chi connectivity index (χ4n) is 2.10. The van der Waals surface area contributed by atoms with Crippen LogP contribution >= 0.6 is 0 Å². The topological polar surface area (TPSA) is 120 Å². The molecule has 2 amide bonds. The summed E-state index contributed by atoms with van der Waals surface area (Å²) in [5, 5.41) is 2.66. The van der Waals surface area contributed by atoms with E-state index < -0.39 is 12.0 Å². The van der Waals surface area contributed by atoms with E-state index in [4.69, 9.17) is 16.2 Å². The third-order valence-corrected chi connectivity index (χ3v) is 3.49. The average molecular weight is 358 g/mol. The van der Waals surface area contributed by atoms with Gasteiger partial charge < -0.3 is 21.5 Å². The first-order valence-corrected chi connectivity index (χ1v) is 8.35. The van der Waals surface area contributed by atoms with Crippen LogP contribution in [0.1, 0.15) is 35.8 Å². The van der Waals surface area contributed by atoms with Gasteiger partial charge in [-0.2, -0.15) is 0 Å². The maximum absolute atomic E-state index is 11.8. The van der Waals surface area contributed by atoms with Gasteiger partial charge in [0.15, 0.2) is 0 Å². The molecule has 0 spiro atoms. The zero-order valence-corrected chi connectivity index (χ0v) is 15.1. The number of methoxy groups -OCH3 is 1. The van der Waals surface area contributed by atoms with Crippen LogP contribution in [0.15, 0.2) is 48.7 Å². The molecule has 7 heteroatoms. The number of pyridine rings is 1. The molecule has 0 fully saturated rings. The predicted octanol–water partition coefficient (Wildman–Crippen LogP) is 2.08. The van der Waals surface area contributed by atoms with E-state index >= 15 is 0 Å². The van der Waals surface area contributed by atoms with Crippen LogP contribution in [-0.2, 0) is 16.1 Å². The Morgan fingerprint density at radius 3 is 2.42 bits per heavy atom. The molecule has 0 aliphatic heterocycles. The SMILES string of the molecule is CCCC(OC)C(=O)Nc1ccnc(C(N)=O)c1.NCc1ccccc1. The summed E-state index contributed by atoms with van der Waals surface area (Å²) in [6, 6.07) is 13.0. The smallest absolute Gasteiger partial charge is 0.267 e. The number of rotatable bonds is 7. The lowest BCUT2D eigenvalue weighted by atomic mass is 10.2. The third kappa shape index (κ3) is 7.42. The first kappa shape index (κ1) is 21.3. The monoisotopic (exact) mass is 358 g/mol. The standard InChI is InChI=1S/C12H17N3O3.C7H9N/c1-3-4-10(18-2)12(17)15-8-5-6-14-9(7-8)11(13)16;8-6-7-4-2-1-3-5-7/h5-7,10H,3-4H2,1-2H3,(H2,13,16)(H,14,15,17);1-5H,6,8H2. The van der Waals surface area contributed by atoms with Crippen molar-refractivity contribution >= 4 is 17.5 Å². The summed E-state index contributed by atoms with van der Waals surface area (Å²) in [6.07, 6.45) is 2.39. The Balaban J connectivity index is 0.000000350. The molecule has 0 radical (unpaired) electrons. The number of ether oxygens (including phenoxy) is 1. The van der Waals surface area contributed by atoms with Gasteiger partial charge in [0, 0.05) is 25.5 Å². The number of amides is 2. The molecular weight excluding hydrogens is 332 g/mol. The van der Waals surface area contributed by atoms with Crippen molar-refractivity contribution in [2.45, 2.75) is 32.4 Å². The Morgan fingerprint density at radius 2 is 1.92 bits per heavy atom. The molecule has 1 heterocycles. The van der Waals surface area contributed by atoms with E-state index in [0.29, 0.717) is 18.7 Å². The quantitative estimate of drug-likeness (QED) is 0.700. The summed E-state index contributed by atoms with van der Waals surface area (Å²) in [5.41, 5.74) is 12.2. The van der Waals surface area contributed by atoms with Gasteiger partial charge in [0.05, 0.1) is 0 Å². The van der Waals surface area contributed by atoms with Crippen molar-refractivity contribution in [2.75, 3.05) is 12.4 Å². The Kier molecular flexibility index (Phi) is 9.59. The number of aromatic nitrogens is 1. The molecule has 140 valence electrons. The minimum absolute atomic E-state index is 0.109. The van der Waals surface area contributed by atoms with E-state index in [2.05, 4.69) is 10.3 Å². The molecule has 5 N–H and O–H groups in total. The molecule has 2 aromatic rings. The number of nitrogens with one attached hydrogen (secondary N) is 1. The Labute approximate surface area is 153 Å². The number of anilines is 1. The number of primary amides is 1. The van der Waals surface area contributed by atoms with Gasteiger partial charge in [-0.15, -0.1) is 0 Å². The fraction of sp³-hybridized carbons (Fsp3) is 0.316. The first-order valence-electron chi connectivity index (χ1n) is 8.35. The second kappa shape index (κ2) is 11.7. The molecule has 1 aromatic heterocycles. The minimum atomic E-state index is -0.636. The molecule has 1 unspecified atom stereocenters. The van der Waals surface area contributed by atoms with Crippen LogP contribution in [-0.4, -0.2) is 30.0 Å². The minimum Gasteiger partial charge on any atom is -0.372 e. The van der Waals surface area contributed by atoms with E-state index in [1.165, 1.54) is 24.9 Å². The number of benzene rings is 1. The molecule has 0 saturated carbocycles. The Hall–Kier alpha value is -2.77. The highest BCUT2D eigenvalue weighted by molar-refractivity contribution is 5.96. The summed E-state index contributed by atoms with van der Waals surface area (Å²) in [4.78, 5) is 26.6. The van der Waals surface area contributed by atoms with Crippen molar-refractivity contribution in [2.24, 2.45) is 11.5 Å². The van der Waals surface area contributed by atoms with Crippen molar-refractivity contribution in [3.05, 3.63) is 59.9 Å². The van der Waals surface area contributed by atoms with Gasteiger partial charge in [-0.05, 0) is 24.1 Å². The van der Waals surface area contributed by atoms with E-state index in [1.54, 1.807) is 6.07 Å². The van der Waals surface area contributed by atoms with Crippen molar-refractivity contribution in [3.8, 4) is 0 Å². The molecule has 0 bridgehead atoms. The van der Waals surface area contributed by atoms with Gasteiger partial charge in [0.1, 0.15) is 11.8 Å². The molecule has 1 aromatic carbocycles. The highest BCUT2D eigenvalue weighted by Crippen LogP contribution is 2.10. The summed E-state index contributed by atoms with van der Waals surface area (Å²) in [7, 11) is 1.49. The first-order chi connectivity index (χ1) is 12.5. The molecule has 0 saturated heterocycles. The lowest BCUT2D eigenvalue weighted by molar-refractivity contribution is -0.126. The van der Waals surface area contributed by atoms with Crippen LogP contribution in [0, 0.1) is 0 Å². The maximum atomic E-state index is 11.8. The van der Waals surface area contributed by atoms with E-state index in [9.17, 15) is 9.59 Å². The van der Waals surface area contributed by atoms with Crippen LogP contribution < -0.4 is 16.8 Å². The van der Waals surface area contributed by atoms with Crippen LogP contribution in [0.3, 0.4) is 0 Å². The summed E-state index contributed by atoms with van der Waals surface area (Å²) >= 11 is 0. The van der Waals surface area contributed by atoms with E-state index in [0.717, 1.165) is 6.42 Å². The number of carbonyl (C=O) groups excluding carboxylic acids is 2. The number of hydrogen-bond donors (Lipinski definition) is 3. The van der Waals surface area contributed by atoms with Crippen molar-refractivity contribution in [1.82, 2.24) is 4.98 Å². The average Bonchev–Trinajstić information content (AvgIpc) is 2.67. The normalized spacial score (nSPS) is 11.0. The van der Waals surface area contributed by atoms with E-state index in [1.807, 2.05) is 37.3 Å². The predicted molar refractivity (Wildman–Crippen MR) is 101 cm³/mol. The van der Waals surface area contributed by atoms with Crippen LogP contribution in [0.2, 0.25) is 0 Å². The van der Waals surface area contributed by atoms with Crippen molar-refractivity contribution < 1.29 is 14.3 Å². The summed E-state index contributed by atoms with van der Waals surface area (Å²) < 4.78 is 5.08. The summed E-state index contributed by atoms with van der Waals surface area (Å²) in [6.45, 7) is 2.61. The zero-order valence-electron chi connectivity index (χ0n) is 15.1. The van der Waals surface area contributed by atoms with Gasteiger partial charge in [0.2, 0.25) is 0 Å². The largest absolute Gasteiger partial charge is 0.372 e. The number of nitrogens with zero attached hydrogens (tertiary/aromatic N) is 1. The highest BCUT2D eigenvalue weighted by Gasteiger charge is 2.17. The highest BCUT2D eigenvalue weighted by atomic mass is 16.5. The van der Waals surface area contributed by atoms with Gasteiger partial charge in [-0.3, -0.25) is 14.6 Å². The lowest BCUT2D eigenvalue weighted by Gasteiger charge is -2.14. The molecule has 2 rings (SSSR count). The Bertz CT molecular complexity index is 692. The number of carbonyl (C=O) groups is 2. The molecule has 0 aliphatic rings. The zero-order chi connectivity index (χ0) is 19.4. The maximum Gasteiger partial charge on any atom is 0.267 e. The molecule has 1 atom stereocenters. The van der Waals surface area contributed by atoms with Gasteiger partial charge >= 0.3 is 0 Å². The summed E-state index contributed by atoms with van der Waals surface area (Å²) in [5.74, 6) is -0.885. The number of hydrogen-bond acceptors (Lipinski definition) is 5. The van der Waals surface area contributed by atoms with E-state index in [-0.39, 0.29) is 11.6 Å². The van der Waals surface area contributed by atoms with Gasteiger partial charge in [0.25, 0.3) is 11.8 Å².